The van der Waals surface area contributed by atoms with Crippen LogP contribution >= 0.6 is 0 Å². The highest BCUT2D eigenvalue weighted by atomic mass is 16.5. The van der Waals surface area contributed by atoms with E-state index < -0.39 is 5.97 Å². The summed E-state index contributed by atoms with van der Waals surface area (Å²) in [5, 5.41) is 9.53. The van der Waals surface area contributed by atoms with Crippen molar-refractivity contribution in [3.05, 3.63) is 59.7 Å². The smallest absolute Gasteiger partial charge is 0.336 e. The summed E-state index contributed by atoms with van der Waals surface area (Å²) in [4.78, 5) is 26.8. The molecule has 2 aromatic rings. The molecular formula is C23H25NO4. The van der Waals surface area contributed by atoms with Gasteiger partial charge in [0, 0.05) is 25.3 Å². The van der Waals surface area contributed by atoms with Gasteiger partial charge in [0.05, 0.1) is 11.7 Å². The minimum Gasteiger partial charge on any atom is -0.478 e. The number of nitrogens with zero attached hydrogens (tertiary/aromatic N) is 1. The molecular weight excluding hydrogens is 354 g/mol. The average Bonchev–Trinajstić information content (AvgIpc) is 3.28. The zero-order valence-electron chi connectivity index (χ0n) is 15.8. The third kappa shape index (κ3) is 3.67. The van der Waals surface area contributed by atoms with E-state index in [2.05, 4.69) is 0 Å². The molecule has 0 aliphatic carbocycles. The molecule has 2 aliphatic rings. The Morgan fingerprint density at radius 1 is 0.893 bits per heavy atom. The molecule has 0 spiro atoms. The lowest BCUT2D eigenvalue weighted by Crippen LogP contribution is -2.41. The van der Waals surface area contributed by atoms with Gasteiger partial charge in [0.25, 0.3) is 5.91 Å². The van der Waals surface area contributed by atoms with Crippen molar-refractivity contribution in [2.75, 3.05) is 19.7 Å². The van der Waals surface area contributed by atoms with Crippen LogP contribution in [0.5, 0.6) is 0 Å². The molecule has 146 valence electrons. The number of amides is 1. The molecule has 2 aliphatic heterocycles. The molecule has 0 bridgehead atoms. The lowest BCUT2D eigenvalue weighted by molar-refractivity contribution is 0.0291. The van der Waals surface area contributed by atoms with Crippen LogP contribution in [-0.2, 0) is 4.74 Å². The Bertz CT molecular complexity index is 864. The van der Waals surface area contributed by atoms with E-state index in [0.29, 0.717) is 28.7 Å². The molecule has 0 aromatic heterocycles. The van der Waals surface area contributed by atoms with Gasteiger partial charge < -0.3 is 14.7 Å². The van der Waals surface area contributed by atoms with E-state index in [0.717, 1.165) is 45.4 Å². The van der Waals surface area contributed by atoms with Crippen LogP contribution < -0.4 is 0 Å². The van der Waals surface area contributed by atoms with Crippen molar-refractivity contribution in [3.63, 3.8) is 0 Å². The van der Waals surface area contributed by atoms with Crippen molar-refractivity contribution in [2.24, 2.45) is 5.92 Å². The average molecular weight is 379 g/mol. The zero-order valence-corrected chi connectivity index (χ0v) is 15.8. The van der Waals surface area contributed by atoms with Crippen molar-refractivity contribution >= 4 is 11.9 Å². The molecule has 2 fully saturated rings. The van der Waals surface area contributed by atoms with Gasteiger partial charge in [-0.05, 0) is 54.9 Å². The molecule has 2 aromatic carbocycles. The van der Waals surface area contributed by atoms with Gasteiger partial charge in [-0.25, -0.2) is 4.79 Å². The number of carbonyl (C=O) groups is 2. The van der Waals surface area contributed by atoms with Crippen LogP contribution in [0.25, 0.3) is 11.1 Å². The number of hydrogen-bond acceptors (Lipinski definition) is 3. The number of carbonyl (C=O) groups excluding carboxylic acids is 1. The molecule has 5 heteroatoms. The molecule has 0 radical (unpaired) electrons. The first kappa shape index (κ1) is 18.7. The standard InChI is InChI=1S/C23H25NO4/c25-22(24-13-11-16(12-14-24)21-10-5-15-28-21)19-8-3-1-6-17(19)18-7-2-4-9-20(18)23(26)27/h1-4,6-9,16,21H,5,10-15H2,(H,26,27). The monoisotopic (exact) mass is 379 g/mol. The van der Waals surface area contributed by atoms with Gasteiger partial charge in [0.1, 0.15) is 0 Å². The van der Waals surface area contributed by atoms with Crippen LogP contribution in [0.2, 0.25) is 0 Å². The Kier molecular flexibility index (Phi) is 5.44. The fraction of sp³-hybridized carbons (Fsp3) is 0.391. The fourth-order valence-corrected chi connectivity index (χ4v) is 4.43. The lowest BCUT2D eigenvalue weighted by atomic mass is 9.89. The van der Waals surface area contributed by atoms with E-state index >= 15 is 0 Å². The first-order valence-corrected chi connectivity index (χ1v) is 9.98. The van der Waals surface area contributed by atoms with Crippen molar-refractivity contribution in [3.8, 4) is 11.1 Å². The summed E-state index contributed by atoms with van der Waals surface area (Å²) in [6, 6.07) is 14.1. The Morgan fingerprint density at radius 2 is 1.50 bits per heavy atom. The van der Waals surface area contributed by atoms with E-state index in [1.54, 1.807) is 30.3 Å². The summed E-state index contributed by atoms with van der Waals surface area (Å²) < 4.78 is 5.83. The molecule has 28 heavy (non-hydrogen) atoms. The number of carboxylic acids is 1. The van der Waals surface area contributed by atoms with Crippen molar-refractivity contribution in [1.82, 2.24) is 4.90 Å². The van der Waals surface area contributed by atoms with Crippen LogP contribution in [0.3, 0.4) is 0 Å². The van der Waals surface area contributed by atoms with Gasteiger partial charge in [-0.1, -0.05) is 36.4 Å². The fourth-order valence-electron chi connectivity index (χ4n) is 4.43. The summed E-state index contributed by atoms with van der Waals surface area (Å²) >= 11 is 0. The number of aromatic carboxylic acids is 1. The first-order valence-electron chi connectivity index (χ1n) is 9.98. The number of likely N-dealkylation sites (tertiary alicyclic amines) is 1. The summed E-state index contributed by atoms with van der Waals surface area (Å²) in [6.07, 6.45) is 4.55. The Balaban J connectivity index is 1.56. The maximum atomic E-state index is 13.3. The normalized spacial score (nSPS) is 20.3. The molecule has 5 nitrogen and oxygen atoms in total. The van der Waals surface area contributed by atoms with Crippen molar-refractivity contribution in [2.45, 2.75) is 31.8 Å². The summed E-state index contributed by atoms with van der Waals surface area (Å²) in [6.45, 7) is 2.30. The number of benzene rings is 2. The number of hydrogen-bond donors (Lipinski definition) is 1. The highest BCUT2D eigenvalue weighted by Gasteiger charge is 2.31. The SMILES string of the molecule is O=C(O)c1ccccc1-c1ccccc1C(=O)N1CCC(C2CCCO2)CC1. The Hall–Kier alpha value is -2.66. The molecule has 2 saturated heterocycles. The van der Waals surface area contributed by atoms with Crippen molar-refractivity contribution in [1.29, 1.82) is 0 Å². The number of piperidine rings is 1. The van der Waals surface area contributed by atoms with Crippen LogP contribution in [0.1, 0.15) is 46.4 Å². The molecule has 1 atom stereocenters. The highest BCUT2D eigenvalue weighted by molar-refractivity contribution is 6.04. The van der Waals surface area contributed by atoms with E-state index in [-0.39, 0.29) is 11.5 Å². The van der Waals surface area contributed by atoms with Crippen molar-refractivity contribution < 1.29 is 19.4 Å². The number of rotatable bonds is 4. The number of carboxylic acid groups (broad SMARTS) is 1. The second kappa shape index (κ2) is 8.15. The maximum absolute atomic E-state index is 13.3. The molecule has 4 rings (SSSR count). The Labute approximate surface area is 164 Å². The largest absolute Gasteiger partial charge is 0.478 e. The molecule has 1 unspecified atom stereocenters. The van der Waals surface area contributed by atoms with Gasteiger partial charge in [-0.15, -0.1) is 0 Å². The number of ether oxygens (including phenoxy) is 1. The topological polar surface area (TPSA) is 66.8 Å². The third-order valence-electron chi connectivity index (χ3n) is 5.92. The Morgan fingerprint density at radius 3 is 2.11 bits per heavy atom. The van der Waals surface area contributed by atoms with Gasteiger partial charge in [-0.3, -0.25) is 4.79 Å². The molecule has 2 heterocycles. The van der Waals surface area contributed by atoms with Crippen LogP contribution in [0.4, 0.5) is 0 Å². The summed E-state index contributed by atoms with van der Waals surface area (Å²) in [5.74, 6) is -0.480. The second-order valence-electron chi connectivity index (χ2n) is 7.58. The first-order chi connectivity index (χ1) is 13.6. The van der Waals surface area contributed by atoms with Crippen LogP contribution in [0, 0.1) is 5.92 Å². The quantitative estimate of drug-likeness (QED) is 0.869. The minimum atomic E-state index is -0.991. The summed E-state index contributed by atoms with van der Waals surface area (Å²) in [5.41, 5.74) is 2.02. The highest BCUT2D eigenvalue weighted by Crippen LogP contribution is 2.32. The third-order valence-corrected chi connectivity index (χ3v) is 5.92. The van der Waals surface area contributed by atoms with E-state index in [4.69, 9.17) is 4.74 Å². The minimum absolute atomic E-state index is 0.0263. The summed E-state index contributed by atoms with van der Waals surface area (Å²) in [7, 11) is 0. The molecule has 0 saturated carbocycles. The van der Waals surface area contributed by atoms with E-state index in [9.17, 15) is 14.7 Å². The second-order valence-corrected chi connectivity index (χ2v) is 7.58. The van der Waals surface area contributed by atoms with Gasteiger partial charge >= 0.3 is 5.97 Å². The molecule has 1 amide bonds. The zero-order chi connectivity index (χ0) is 19.5. The van der Waals surface area contributed by atoms with E-state index in [1.807, 2.05) is 23.1 Å². The van der Waals surface area contributed by atoms with Gasteiger partial charge in [0.15, 0.2) is 0 Å². The van der Waals surface area contributed by atoms with Gasteiger partial charge in [-0.2, -0.15) is 0 Å². The maximum Gasteiger partial charge on any atom is 0.336 e. The predicted octanol–water partition coefficient (Wildman–Crippen LogP) is 4.08. The predicted molar refractivity (Wildman–Crippen MR) is 106 cm³/mol. The van der Waals surface area contributed by atoms with Crippen LogP contribution in [-0.4, -0.2) is 47.7 Å². The van der Waals surface area contributed by atoms with Gasteiger partial charge in [0.2, 0.25) is 0 Å². The molecule has 1 N–H and O–H groups in total. The lowest BCUT2D eigenvalue weighted by Gasteiger charge is -2.34. The van der Waals surface area contributed by atoms with E-state index in [1.165, 1.54) is 0 Å². The van der Waals surface area contributed by atoms with Crippen LogP contribution in [0.15, 0.2) is 48.5 Å².